The van der Waals surface area contributed by atoms with E-state index < -0.39 is 11.4 Å². The van der Waals surface area contributed by atoms with Crippen LogP contribution in [0.15, 0.2) is 48.7 Å². The molecule has 4 aromatic rings. The third-order valence-electron chi connectivity index (χ3n) is 6.02. The zero-order chi connectivity index (χ0) is 25.9. The Hall–Kier alpha value is -3.92. The lowest BCUT2D eigenvalue weighted by Gasteiger charge is -2.26. The second-order valence-electron chi connectivity index (χ2n) is 8.57. The van der Waals surface area contributed by atoms with Gasteiger partial charge in [0.05, 0.1) is 41.8 Å². The number of anilines is 1. The summed E-state index contributed by atoms with van der Waals surface area (Å²) >= 11 is 2.11. The summed E-state index contributed by atoms with van der Waals surface area (Å²) in [6.07, 6.45) is 2.38. The number of hydrogen-bond acceptors (Lipinski definition) is 8. The Morgan fingerprint density at radius 2 is 1.92 bits per heavy atom. The van der Waals surface area contributed by atoms with Crippen LogP contribution in [0.2, 0.25) is 0 Å². The monoisotopic (exact) mass is 594 g/mol. The van der Waals surface area contributed by atoms with Gasteiger partial charge in [-0.3, -0.25) is 9.78 Å². The Balaban J connectivity index is 1.63. The summed E-state index contributed by atoms with van der Waals surface area (Å²) in [6, 6.07) is 15.1. The van der Waals surface area contributed by atoms with Crippen molar-refractivity contribution in [2.45, 2.75) is 38.6 Å². The van der Waals surface area contributed by atoms with E-state index in [1.54, 1.807) is 16.9 Å². The smallest absolute Gasteiger partial charge is 0.304 e. The molecule has 1 unspecified atom stereocenters. The molecule has 0 aliphatic rings. The third-order valence-corrected chi connectivity index (χ3v) is 6.92. The van der Waals surface area contributed by atoms with E-state index in [1.807, 2.05) is 50.2 Å². The van der Waals surface area contributed by atoms with Gasteiger partial charge in [-0.25, -0.2) is 14.6 Å². The first-order chi connectivity index (χ1) is 17.2. The van der Waals surface area contributed by atoms with Crippen LogP contribution in [0.4, 0.5) is 5.95 Å². The van der Waals surface area contributed by atoms with Gasteiger partial charge in [0.1, 0.15) is 11.8 Å². The molecule has 3 N–H and O–H groups in total. The summed E-state index contributed by atoms with van der Waals surface area (Å²) in [6.45, 7) is 4.21. The van der Waals surface area contributed by atoms with Crippen LogP contribution in [0, 0.1) is 14.9 Å². The number of nitrogen functional groups attached to an aromatic ring is 1. The Morgan fingerprint density at radius 1 is 1.17 bits per heavy atom. The fourth-order valence-electron chi connectivity index (χ4n) is 3.88. The summed E-state index contributed by atoms with van der Waals surface area (Å²) in [5, 5.41) is 27.4. The number of halogens is 1. The first kappa shape index (κ1) is 25.2. The van der Waals surface area contributed by atoms with Gasteiger partial charge in [0.25, 0.3) is 0 Å². The Bertz CT molecular complexity index is 1480. The molecule has 0 saturated heterocycles. The Labute approximate surface area is 221 Å². The topological polar surface area (TPSA) is 156 Å². The predicted molar refractivity (Wildman–Crippen MR) is 142 cm³/mol. The largest absolute Gasteiger partial charge is 0.481 e. The molecule has 1 atom stereocenters. The number of carboxylic acid groups (broad SMARTS) is 1. The molecule has 36 heavy (non-hydrogen) atoms. The number of rotatable bonds is 8. The van der Waals surface area contributed by atoms with Gasteiger partial charge in [-0.15, -0.1) is 5.10 Å². The molecule has 1 aromatic carbocycles. The number of hydrogen-bond donors (Lipinski definition) is 2. The molecule has 0 aliphatic heterocycles. The van der Waals surface area contributed by atoms with Gasteiger partial charge >= 0.3 is 5.97 Å². The van der Waals surface area contributed by atoms with Crippen LogP contribution >= 0.6 is 22.6 Å². The lowest BCUT2D eigenvalue weighted by Crippen LogP contribution is -2.26. The lowest BCUT2D eigenvalue weighted by molar-refractivity contribution is -0.138. The second-order valence-corrected chi connectivity index (χ2v) is 9.73. The van der Waals surface area contributed by atoms with Gasteiger partial charge in [-0.1, -0.05) is 37.3 Å². The van der Waals surface area contributed by atoms with Crippen LogP contribution in [0.3, 0.4) is 0 Å². The summed E-state index contributed by atoms with van der Waals surface area (Å²) in [5.41, 5.74) is 9.55. The van der Waals surface area contributed by atoms with Crippen LogP contribution in [0.5, 0.6) is 0 Å². The fraction of sp³-hybridized carbons (Fsp3) is 0.240. The fourth-order valence-corrected chi connectivity index (χ4v) is 4.50. The normalized spacial score (nSPS) is 12.6. The van der Waals surface area contributed by atoms with Crippen molar-refractivity contribution in [1.29, 1.82) is 5.26 Å². The molecule has 10 nitrogen and oxygen atoms in total. The van der Waals surface area contributed by atoms with E-state index in [-0.39, 0.29) is 12.4 Å². The van der Waals surface area contributed by atoms with E-state index in [0.29, 0.717) is 41.2 Å². The number of pyridine rings is 1. The number of benzene rings is 1. The zero-order valence-corrected chi connectivity index (χ0v) is 21.8. The first-order valence-electron chi connectivity index (χ1n) is 11.1. The quantitative estimate of drug-likeness (QED) is 0.287. The molecule has 0 amide bonds. The molecule has 0 spiro atoms. The number of carbonyl (C=O) groups is 1. The highest BCUT2D eigenvalue weighted by Gasteiger charge is 2.29. The molecular weight excluding hydrogens is 571 g/mol. The maximum Gasteiger partial charge on any atom is 0.304 e. The molecule has 11 heteroatoms. The average Bonchev–Trinajstić information content (AvgIpc) is 3.31. The molecule has 0 fully saturated rings. The number of nitrogens with zero attached hydrogens (tertiary/aromatic N) is 7. The molecule has 0 aliphatic carbocycles. The molecule has 182 valence electrons. The van der Waals surface area contributed by atoms with Crippen LogP contribution in [-0.2, 0) is 16.8 Å². The second kappa shape index (κ2) is 10.4. The van der Waals surface area contributed by atoms with Gasteiger partial charge in [-0.2, -0.15) is 5.26 Å². The summed E-state index contributed by atoms with van der Waals surface area (Å²) in [5.74, 6) is -0.797. The SMILES string of the molecule is CCC(C)(CC(=O)O)c1cccc(Cn2cc(-c3cc(-c4cccc(I)c4C#N)nc(N)n3)nn2)n1. The summed E-state index contributed by atoms with van der Waals surface area (Å²) in [7, 11) is 0. The Kier molecular flexibility index (Phi) is 7.25. The molecule has 4 rings (SSSR count). The third kappa shape index (κ3) is 5.33. The molecule has 0 radical (unpaired) electrons. The summed E-state index contributed by atoms with van der Waals surface area (Å²) in [4.78, 5) is 24.7. The highest BCUT2D eigenvalue weighted by molar-refractivity contribution is 14.1. The number of nitriles is 1. The molecule has 3 heterocycles. The van der Waals surface area contributed by atoms with Crippen molar-refractivity contribution in [3.05, 3.63) is 69.2 Å². The minimum atomic E-state index is -0.858. The number of nitrogens with two attached hydrogens (primary N) is 1. The minimum absolute atomic E-state index is 0.00111. The van der Waals surface area contributed by atoms with Crippen molar-refractivity contribution < 1.29 is 9.90 Å². The van der Waals surface area contributed by atoms with Crippen molar-refractivity contribution in [1.82, 2.24) is 29.9 Å². The van der Waals surface area contributed by atoms with E-state index in [2.05, 4.69) is 48.9 Å². The standard InChI is InChI=1S/C25H23IN8O2/c1-3-25(2,11-23(35)36)22-9-4-6-15(29-22)13-34-14-21(32-33-34)20-10-19(30-24(28)31-20)16-7-5-8-18(26)17(16)12-27/h4-10,14H,3,11,13H2,1-2H3,(H,35,36)(H2,28,30,31). The van der Waals surface area contributed by atoms with Crippen LogP contribution in [0.25, 0.3) is 22.6 Å². The van der Waals surface area contributed by atoms with Gasteiger partial charge in [0.15, 0.2) is 0 Å². The Morgan fingerprint density at radius 3 is 2.64 bits per heavy atom. The molecule has 0 saturated carbocycles. The van der Waals surface area contributed by atoms with E-state index in [1.165, 1.54) is 0 Å². The van der Waals surface area contributed by atoms with E-state index >= 15 is 0 Å². The number of carboxylic acids is 1. The van der Waals surface area contributed by atoms with Gasteiger partial charge in [0, 0.05) is 20.2 Å². The van der Waals surface area contributed by atoms with E-state index in [9.17, 15) is 15.2 Å². The van der Waals surface area contributed by atoms with Crippen molar-refractivity contribution in [3.63, 3.8) is 0 Å². The maximum absolute atomic E-state index is 11.4. The number of aromatic nitrogens is 6. The molecule has 0 bridgehead atoms. The lowest BCUT2D eigenvalue weighted by atomic mass is 9.80. The van der Waals surface area contributed by atoms with Crippen LogP contribution < -0.4 is 5.73 Å². The predicted octanol–water partition coefficient (Wildman–Crippen LogP) is 4.05. The highest BCUT2D eigenvalue weighted by atomic mass is 127. The highest BCUT2D eigenvalue weighted by Crippen LogP contribution is 2.30. The van der Waals surface area contributed by atoms with Crippen molar-refractivity contribution in [2.75, 3.05) is 5.73 Å². The molecule has 3 aromatic heterocycles. The van der Waals surface area contributed by atoms with Crippen molar-refractivity contribution >= 4 is 34.5 Å². The van der Waals surface area contributed by atoms with Crippen LogP contribution in [-0.4, -0.2) is 41.0 Å². The number of aliphatic carboxylic acids is 1. The van der Waals surface area contributed by atoms with Gasteiger partial charge in [0.2, 0.25) is 5.95 Å². The van der Waals surface area contributed by atoms with Crippen molar-refractivity contribution in [3.8, 4) is 28.7 Å². The summed E-state index contributed by atoms with van der Waals surface area (Å²) < 4.78 is 2.45. The minimum Gasteiger partial charge on any atom is -0.481 e. The molecular formula is C25H23IN8O2. The van der Waals surface area contributed by atoms with E-state index in [0.717, 1.165) is 15.0 Å². The zero-order valence-electron chi connectivity index (χ0n) is 19.7. The first-order valence-corrected chi connectivity index (χ1v) is 12.2. The van der Waals surface area contributed by atoms with Gasteiger partial charge < -0.3 is 10.8 Å². The maximum atomic E-state index is 11.4. The van der Waals surface area contributed by atoms with Crippen LogP contribution in [0.1, 0.15) is 43.6 Å². The van der Waals surface area contributed by atoms with Crippen molar-refractivity contribution in [2.24, 2.45) is 0 Å². The van der Waals surface area contributed by atoms with Gasteiger partial charge in [-0.05, 0) is 53.3 Å². The average molecular weight is 594 g/mol. The van der Waals surface area contributed by atoms with E-state index in [4.69, 9.17) is 10.7 Å².